The van der Waals surface area contributed by atoms with Gasteiger partial charge in [0, 0.05) is 24.1 Å². The number of carbonyl (C=O) groups is 4. The highest BCUT2D eigenvalue weighted by molar-refractivity contribution is 14.1. The summed E-state index contributed by atoms with van der Waals surface area (Å²) in [5.74, 6) is -3.51. The first-order valence-electron chi connectivity index (χ1n) is 9.52. The van der Waals surface area contributed by atoms with Crippen LogP contribution in [-0.2, 0) is 29.3 Å². The second-order valence-corrected chi connectivity index (χ2v) is 12.2. The SMILES string of the molecule is N=NI=Nc1ccc([N+](=O)[O-])c(C(=O)NCCSSCCC(=O)ON2C(=O)CC(S(=O)(=O)O)C2=O)c1. The summed E-state index contributed by atoms with van der Waals surface area (Å²) in [5, 5.41) is 11.8. The summed E-state index contributed by atoms with van der Waals surface area (Å²) in [5.41, 5.74) is 6.51. The number of benzene rings is 1. The molecule has 0 aliphatic carbocycles. The Bertz CT molecular complexity index is 1210. The average molecular weight is 676 g/mol. The quantitative estimate of drug-likeness (QED) is 0.0399. The lowest BCUT2D eigenvalue weighted by atomic mass is 10.1. The van der Waals surface area contributed by atoms with Gasteiger partial charge in [0.25, 0.3) is 33.5 Å². The molecular weight excluding hydrogens is 659 g/mol. The molecule has 1 aromatic carbocycles. The largest absolute Gasteiger partial charge is 0.351 e. The summed E-state index contributed by atoms with van der Waals surface area (Å²) >= 11 is -1.14. The number of imide groups is 1. The number of nitrogens with zero attached hydrogens (tertiary/aromatic N) is 4. The zero-order chi connectivity index (χ0) is 26.9. The van der Waals surface area contributed by atoms with E-state index in [2.05, 4.69) is 16.6 Å². The van der Waals surface area contributed by atoms with Gasteiger partial charge in [-0.2, -0.15) is 13.9 Å². The fourth-order valence-electron chi connectivity index (χ4n) is 2.58. The lowest BCUT2D eigenvalue weighted by Gasteiger charge is -2.13. The zero-order valence-electron chi connectivity index (χ0n) is 17.9. The molecule has 1 aliphatic rings. The highest BCUT2D eigenvalue weighted by Gasteiger charge is 2.48. The Kier molecular flexibility index (Phi) is 11.3. The van der Waals surface area contributed by atoms with Crippen molar-refractivity contribution >= 4 is 88.1 Å². The smallest absolute Gasteiger partial charge is 0.334 e. The summed E-state index contributed by atoms with van der Waals surface area (Å²) < 4.78 is 38.3. The number of nitro benzene ring substituents is 1. The first kappa shape index (κ1) is 29.7. The molecule has 0 radical (unpaired) electrons. The molecule has 0 saturated carbocycles. The Labute approximate surface area is 221 Å². The first-order valence-corrected chi connectivity index (χ1v) is 15.4. The van der Waals surface area contributed by atoms with E-state index in [1.165, 1.54) is 33.7 Å². The molecule has 36 heavy (non-hydrogen) atoms. The summed E-state index contributed by atoms with van der Waals surface area (Å²) in [4.78, 5) is 62.8. The van der Waals surface area contributed by atoms with Crippen LogP contribution in [0.2, 0.25) is 0 Å². The van der Waals surface area contributed by atoms with Crippen molar-refractivity contribution in [1.82, 2.24) is 10.4 Å². The number of hydrogen-bond donors (Lipinski definition) is 3. The van der Waals surface area contributed by atoms with Crippen LogP contribution in [0.25, 0.3) is 0 Å². The lowest BCUT2D eigenvalue weighted by Crippen LogP contribution is -2.36. The molecular formula is C16H17IN6O10S3. The fourth-order valence-corrected chi connectivity index (χ4v) is 5.82. The molecule has 2 rings (SSSR count). The number of hydroxylamine groups is 2. The number of rotatable bonds is 13. The summed E-state index contributed by atoms with van der Waals surface area (Å²) in [6, 6.07) is 3.76. The van der Waals surface area contributed by atoms with E-state index in [1.54, 1.807) is 0 Å². The van der Waals surface area contributed by atoms with E-state index in [4.69, 9.17) is 10.1 Å². The van der Waals surface area contributed by atoms with Crippen molar-refractivity contribution in [1.29, 1.82) is 5.53 Å². The normalized spacial score (nSPS) is 16.0. The third kappa shape index (κ3) is 8.53. The molecule has 0 spiro atoms. The molecule has 1 fully saturated rings. The molecule has 1 unspecified atom stereocenters. The van der Waals surface area contributed by atoms with Crippen molar-refractivity contribution < 1.29 is 41.9 Å². The second-order valence-electron chi connectivity index (χ2n) is 6.55. The van der Waals surface area contributed by atoms with Crippen LogP contribution < -0.4 is 5.32 Å². The highest BCUT2D eigenvalue weighted by Crippen LogP contribution is 2.27. The maximum Gasteiger partial charge on any atom is 0.334 e. The maximum atomic E-state index is 12.4. The minimum Gasteiger partial charge on any atom is -0.351 e. The van der Waals surface area contributed by atoms with Crippen LogP contribution in [0.5, 0.6) is 0 Å². The molecule has 16 nitrogen and oxygen atoms in total. The van der Waals surface area contributed by atoms with E-state index in [0.717, 1.165) is 6.07 Å². The molecule has 1 aromatic rings. The van der Waals surface area contributed by atoms with E-state index in [1.807, 2.05) is 0 Å². The van der Waals surface area contributed by atoms with E-state index < -0.39 is 77.4 Å². The van der Waals surface area contributed by atoms with E-state index in [0.29, 0.717) is 11.4 Å². The van der Waals surface area contributed by atoms with Crippen LogP contribution in [0, 0.1) is 15.6 Å². The van der Waals surface area contributed by atoms with Crippen LogP contribution in [0.15, 0.2) is 24.7 Å². The number of hydrogen-bond acceptors (Lipinski definition) is 13. The van der Waals surface area contributed by atoms with Crippen LogP contribution in [0.3, 0.4) is 0 Å². The Hall–Kier alpha value is -2.56. The van der Waals surface area contributed by atoms with Gasteiger partial charge in [0.05, 0.1) is 23.5 Å². The van der Waals surface area contributed by atoms with Crippen LogP contribution >= 0.6 is 42.9 Å². The van der Waals surface area contributed by atoms with Gasteiger partial charge in [-0.1, -0.05) is 21.6 Å². The number of amides is 3. The van der Waals surface area contributed by atoms with E-state index in [-0.39, 0.29) is 29.3 Å². The third-order valence-electron chi connectivity index (χ3n) is 4.15. The number of nitro groups is 1. The second kappa shape index (κ2) is 13.7. The van der Waals surface area contributed by atoms with Crippen LogP contribution in [0.1, 0.15) is 23.2 Å². The Morgan fingerprint density at radius 1 is 1.33 bits per heavy atom. The molecule has 1 aliphatic heterocycles. The monoisotopic (exact) mass is 676 g/mol. The Morgan fingerprint density at radius 3 is 2.64 bits per heavy atom. The molecule has 3 N–H and O–H groups in total. The van der Waals surface area contributed by atoms with Gasteiger partial charge in [-0.3, -0.25) is 29.1 Å². The molecule has 0 aromatic heterocycles. The average Bonchev–Trinajstić information content (AvgIpc) is 3.10. The standard InChI is InChI=1S/C16H17IN6O10S3/c18-21-17-20-9-1-2-11(23(28)29)10(7-9)15(26)19-4-6-35-34-5-3-14(25)33-22-13(24)8-12(16(22)27)36(30,31)32/h1-2,7,12,18H,3-6,8H2,(H,19,26)(H,30,31,32). The van der Waals surface area contributed by atoms with Gasteiger partial charge >= 0.3 is 5.97 Å². The topological polar surface area (TPSA) is 239 Å². The number of halogens is 1. The summed E-state index contributed by atoms with van der Waals surface area (Å²) in [6.07, 6.45) is -1.06. The van der Waals surface area contributed by atoms with Gasteiger partial charge in [-0.25, -0.2) is 7.94 Å². The first-order chi connectivity index (χ1) is 17.0. The molecule has 1 saturated heterocycles. The molecule has 196 valence electrons. The third-order valence-corrected chi connectivity index (χ3v) is 8.64. The lowest BCUT2D eigenvalue weighted by molar-refractivity contribution is -0.385. The van der Waals surface area contributed by atoms with Crippen molar-refractivity contribution in [3.05, 3.63) is 33.9 Å². The minimum atomic E-state index is -4.81. The predicted molar refractivity (Wildman–Crippen MR) is 134 cm³/mol. The molecule has 3 amide bonds. The Morgan fingerprint density at radius 2 is 2.03 bits per heavy atom. The van der Waals surface area contributed by atoms with Crippen molar-refractivity contribution in [3.8, 4) is 0 Å². The molecule has 0 bridgehead atoms. The maximum absolute atomic E-state index is 12.4. The van der Waals surface area contributed by atoms with E-state index in [9.17, 15) is 37.7 Å². The van der Waals surface area contributed by atoms with Gasteiger partial charge < -0.3 is 10.2 Å². The summed E-state index contributed by atoms with van der Waals surface area (Å²) in [6.45, 7) is 0.141. The van der Waals surface area contributed by atoms with Crippen molar-refractivity contribution in [3.63, 3.8) is 0 Å². The van der Waals surface area contributed by atoms with Gasteiger partial charge in [0.2, 0.25) is 0 Å². The predicted octanol–water partition coefficient (Wildman–Crippen LogP) is 2.30. The van der Waals surface area contributed by atoms with Crippen LogP contribution in [0.4, 0.5) is 11.4 Å². The highest BCUT2D eigenvalue weighted by atomic mass is 127. The van der Waals surface area contributed by atoms with Gasteiger partial charge in [-0.15, -0.1) is 8.39 Å². The van der Waals surface area contributed by atoms with Gasteiger partial charge in [0.1, 0.15) is 5.56 Å². The summed E-state index contributed by atoms with van der Waals surface area (Å²) in [7, 11) is -2.34. The molecule has 1 atom stereocenters. The number of nitrogens with one attached hydrogen (secondary N) is 2. The van der Waals surface area contributed by atoms with Crippen molar-refractivity contribution in [2.75, 3.05) is 18.1 Å². The fraction of sp³-hybridized carbons (Fsp3) is 0.375. The number of carbonyl (C=O) groups excluding carboxylic acids is 4. The van der Waals surface area contributed by atoms with Gasteiger partial charge in [-0.05, 0) is 12.1 Å². The van der Waals surface area contributed by atoms with E-state index >= 15 is 0 Å². The van der Waals surface area contributed by atoms with Crippen molar-refractivity contribution in [2.45, 2.75) is 18.1 Å². The zero-order valence-corrected chi connectivity index (χ0v) is 22.5. The molecule has 1 heterocycles. The van der Waals surface area contributed by atoms with Crippen LogP contribution in [-0.4, -0.2) is 69.9 Å². The minimum absolute atomic E-state index is 0.0268. The van der Waals surface area contributed by atoms with Gasteiger partial charge in [0.15, 0.2) is 26.6 Å². The van der Waals surface area contributed by atoms with Crippen molar-refractivity contribution in [2.24, 2.45) is 6.47 Å². The molecule has 20 heteroatoms. The Balaban J connectivity index is 1.73.